The molecule has 0 aromatic heterocycles. The fourth-order valence-electron chi connectivity index (χ4n) is 2.67. The van der Waals surface area contributed by atoms with Crippen LogP contribution in [0.1, 0.15) is 0 Å². The number of benzene rings is 4. The van der Waals surface area contributed by atoms with E-state index in [1.807, 2.05) is 0 Å². The molecule has 0 amide bonds. The van der Waals surface area contributed by atoms with Crippen molar-refractivity contribution in [1.82, 2.24) is 0 Å². The van der Waals surface area contributed by atoms with Crippen molar-refractivity contribution in [1.29, 1.82) is 0 Å². The Labute approximate surface area is 120 Å². The molecular weight excluding hydrogens is 299 g/mol. The van der Waals surface area contributed by atoms with Crippen molar-refractivity contribution >= 4 is 32.3 Å². The summed E-state index contributed by atoms with van der Waals surface area (Å²) in [6.45, 7) is 0. The molecule has 0 N–H and O–H groups in total. The molecule has 0 saturated heterocycles. The summed E-state index contributed by atoms with van der Waals surface area (Å²) in [5.41, 5.74) is 0. The zero-order chi connectivity index (χ0) is 12.5. The summed E-state index contributed by atoms with van der Waals surface area (Å²) in [5.74, 6) is 0. The summed E-state index contributed by atoms with van der Waals surface area (Å²) in [6, 6.07) is 21.9. The summed E-state index contributed by atoms with van der Waals surface area (Å²) < 4.78 is 8.34. The van der Waals surface area contributed by atoms with E-state index in [-0.39, 0.29) is 0 Å². The fourth-order valence-corrected chi connectivity index (χ4v) is 2.67. The van der Waals surface area contributed by atoms with E-state index in [2.05, 4.69) is 60.7 Å². The van der Waals surface area contributed by atoms with Crippen molar-refractivity contribution in [3.63, 3.8) is 0 Å². The van der Waals surface area contributed by atoms with E-state index in [0.29, 0.717) is 24.7 Å². The van der Waals surface area contributed by atoms with Gasteiger partial charge in [0.15, 0.2) is 0 Å². The summed E-state index contributed by atoms with van der Waals surface area (Å²) in [6.07, 6.45) is 0. The van der Waals surface area contributed by atoms with Gasteiger partial charge in [0.2, 0.25) is 0 Å². The zero-order valence-electron chi connectivity index (χ0n) is 9.68. The second-order valence-electron chi connectivity index (χ2n) is 4.29. The largest absolute Gasteiger partial charge is 0.0610 e. The Morgan fingerprint density at radius 3 is 1.06 bits per heavy atom. The molecule has 4 aromatic carbocycles. The van der Waals surface area contributed by atoms with E-state index in [9.17, 15) is 0 Å². The first-order valence-electron chi connectivity index (χ1n) is 5.76. The van der Waals surface area contributed by atoms with Crippen LogP contribution in [0.4, 0.5) is 0 Å². The van der Waals surface area contributed by atoms with Crippen molar-refractivity contribution in [2.45, 2.75) is 0 Å². The Bertz CT molecular complexity index is 693. The van der Waals surface area contributed by atoms with E-state index in [4.69, 9.17) is 2.81 Å². The molecular formula is C16H10OZr. The quantitative estimate of drug-likeness (QED) is 0.438. The third-order valence-electron chi connectivity index (χ3n) is 3.39. The van der Waals surface area contributed by atoms with Crippen LogP contribution in [0.3, 0.4) is 0 Å². The first kappa shape index (κ1) is 11.7. The van der Waals surface area contributed by atoms with Gasteiger partial charge in [-0.15, -0.1) is 0 Å². The maximum atomic E-state index is 8.34. The number of hydrogen-bond acceptors (Lipinski definition) is 1. The van der Waals surface area contributed by atoms with Crippen LogP contribution in [0.5, 0.6) is 0 Å². The van der Waals surface area contributed by atoms with Crippen LogP contribution in [0.25, 0.3) is 32.3 Å². The Balaban J connectivity index is 0.000000478. The van der Waals surface area contributed by atoms with E-state index in [0.717, 1.165) is 0 Å². The number of hydrogen-bond donors (Lipinski definition) is 0. The predicted molar refractivity (Wildman–Crippen MR) is 70.8 cm³/mol. The molecule has 0 fully saturated rings. The van der Waals surface area contributed by atoms with Gasteiger partial charge >= 0.3 is 27.5 Å². The molecule has 0 radical (unpaired) electrons. The van der Waals surface area contributed by atoms with Gasteiger partial charge in [-0.05, 0) is 32.3 Å². The minimum atomic E-state index is 0.300. The van der Waals surface area contributed by atoms with Gasteiger partial charge in [-0.1, -0.05) is 60.7 Å². The Hall–Kier alpha value is -1.40. The molecule has 0 aliphatic heterocycles. The summed E-state index contributed by atoms with van der Waals surface area (Å²) in [7, 11) is 0. The molecule has 4 rings (SSSR count). The standard InChI is InChI=1S/C16H10.O.Zr/c1-3-11-7-9-13-5-2-6-14-10-8-12(4-1)15(11)16(13)14;;/h1-10H;;. The van der Waals surface area contributed by atoms with Crippen molar-refractivity contribution < 1.29 is 27.5 Å². The first-order valence-corrected chi connectivity index (χ1v) is 6.77. The summed E-state index contributed by atoms with van der Waals surface area (Å²) >= 11 is 0.300. The van der Waals surface area contributed by atoms with Crippen molar-refractivity contribution in [2.24, 2.45) is 0 Å². The average Bonchev–Trinajstić information content (AvgIpc) is 2.47. The van der Waals surface area contributed by atoms with Crippen LogP contribution in [0.15, 0.2) is 60.7 Å². The van der Waals surface area contributed by atoms with Crippen LogP contribution in [-0.2, 0) is 27.5 Å². The molecule has 0 saturated carbocycles. The van der Waals surface area contributed by atoms with Gasteiger partial charge < -0.3 is 0 Å². The van der Waals surface area contributed by atoms with E-state index in [1.54, 1.807) is 0 Å². The molecule has 0 heterocycles. The van der Waals surface area contributed by atoms with E-state index in [1.165, 1.54) is 32.3 Å². The molecule has 84 valence electrons. The average molecular weight is 309 g/mol. The molecule has 0 spiro atoms. The molecule has 0 aliphatic carbocycles. The second kappa shape index (κ2) is 4.70. The van der Waals surface area contributed by atoms with Gasteiger partial charge in [0.25, 0.3) is 0 Å². The van der Waals surface area contributed by atoms with E-state index < -0.39 is 0 Å². The Morgan fingerprint density at radius 1 is 0.500 bits per heavy atom. The normalized spacial score (nSPS) is 10.6. The van der Waals surface area contributed by atoms with Gasteiger partial charge in [-0.3, -0.25) is 0 Å². The van der Waals surface area contributed by atoms with Crippen molar-refractivity contribution in [3.05, 3.63) is 60.7 Å². The topological polar surface area (TPSA) is 17.1 Å². The Morgan fingerprint density at radius 2 is 0.778 bits per heavy atom. The second-order valence-corrected chi connectivity index (χ2v) is 4.29. The van der Waals surface area contributed by atoms with Crippen molar-refractivity contribution in [3.8, 4) is 0 Å². The molecule has 4 aromatic rings. The summed E-state index contributed by atoms with van der Waals surface area (Å²) in [5, 5.41) is 8.14. The summed E-state index contributed by atoms with van der Waals surface area (Å²) in [4.78, 5) is 0. The van der Waals surface area contributed by atoms with Crippen LogP contribution >= 0.6 is 0 Å². The third kappa shape index (κ3) is 1.64. The van der Waals surface area contributed by atoms with Crippen molar-refractivity contribution in [2.75, 3.05) is 0 Å². The van der Waals surface area contributed by atoms with Crippen LogP contribution < -0.4 is 0 Å². The van der Waals surface area contributed by atoms with Gasteiger partial charge in [0, 0.05) is 0 Å². The molecule has 0 aliphatic rings. The number of rotatable bonds is 0. The monoisotopic (exact) mass is 308 g/mol. The van der Waals surface area contributed by atoms with Crippen LogP contribution in [0.2, 0.25) is 0 Å². The molecule has 0 bridgehead atoms. The third-order valence-corrected chi connectivity index (χ3v) is 3.39. The molecule has 1 nitrogen and oxygen atoms in total. The van der Waals surface area contributed by atoms with Crippen LogP contribution in [0, 0.1) is 0 Å². The minimum Gasteiger partial charge on any atom is -0.0610 e. The van der Waals surface area contributed by atoms with Gasteiger partial charge in [-0.25, -0.2) is 0 Å². The zero-order valence-corrected chi connectivity index (χ0v) is 12.1. The minimum absolute atomic E-state index is 0.300. The van der Waals surface area contributed by atoms with E-state index >= 15 is 0 Å². The maximum absolute atomic E-state index is 8.34. The Kier molecular flexibility index (Phi) is 3.05. The first-order chi connectivity index (χ1) is 8.93. The van der Waals surface area contributed by atoms with Crippen LogP contribution in [-0.4, -0.2) is 0 Å². The smallest absolute Gasteiger partial charge is 0.00268 e. The molecule has 2 heteroatoms. The maximum Gasteiger partial charge on any atom is -0.00268 e. The molecule has 0 atom stereocenters. The van der Waals surface area contributed by atoms with Gasteiger partial charge in [0.05, 0.1) is 0 Å². The van der Waals surface area contributed by atoms with Gasteiger partial charge in [-0.2, -0.15) is 0 Å². The SMILES string of the molecule is [O]=[Zr].c1cc2ccc3cccc4ccc(c1)c2c34. The molecule has 0 unspecified atom stereocenters. The van der Waals surface area contributed by atoms with Gasteiger partial charge in [0.1, 0.15) is 0 Å². The fraction of sp³-hybridized carbons (Fsp3) is 0. The molecule has 18 heavy (non-hydrogen) atoms. The predicted octanol–water partition coefficient (Wildman–Crippen LogP) is 4.46.